The molecular formula is C27H25NO7. The van der Waals surface area contributed by atoms with Crippen LogP contribution in [0.5, 0.6) is 0 Å². The topological polar surface area (TPSA) is 120 Å². The molecule has 0 saturated carbocycles. The number of hydrogen-bond donors (Lipinski definition) is 1. The lowest BCUT2D eigenvalue weighted by Gasteiger charge is -2.05. The first kappa shape index (κ1) is 22.2. The number of carboxylic acids is 1. The summed E-state index contributed by atoms with van der Waals surface area (Å²) in [5.74, 6) is -1.42. The molecule has 0 aliphatic heterocycles. The molecule has 2 aromatic rings. The van der Waals surface area contributed by atoms with Gasteiger partial charge in [0.25, 0.3) is 5.56 Å². The molecule has 35 heavy (non-hydrogen) atoms. The van der Waals surface area contributed by atoms with Crippen molar-refractivity contribution in [2.24, 2.45) is 0 Å². The fraction of sp³-hybridized carbons (Fsp3) is 0.148. The summed E-state index contributed by atoms with van der Waals surface area (Å²) in [6, 6.07) is 11.6. The van der Waals surface area contributed by atoms with Crippen LogP contribution in [0.25, 0.3) is 5.69 Å². The van der Waals surface area contributed by atoms with Gasteiger partial charge in [0.1, 0.15) is 0 Å². The monoisotopic (exact) mass is 478 g/mol. The molecule has 0 fully saturated rings. The SMILES string of the molecule is COC(=O)C1=CCC(=O)C=C1.O=C1C=CC(C(=O)O)=CC1.[2H]C([2H])([2H])c1ccc(=O)n(-c2ccccc2)c1. The first-order chi connectivity index (χ1) is 17.9. The number of methoxy groups -OCH3 is 1. The Morgan fingerprint density at radius 1 is 0.886 bits per heavy atom. The highest BCUT2D eigenvalue weighted by Gasteiger charge is 2.10. The number of ketones is 2. The van der Waals surface area contributed by atoms with Gasteiger partial charge in [0.15, 0.2) is 11.6 Å². The number of carbonyl (C=O) groups excluding carboxylic acids is 3. The molecule has 0 bridgehead atoms. The van der Waals surface area contributed by atoms with Crippen molar-refractivity contribution in [1.82, 2.24) is 4.57 Å². The van der Waals surface area contributed by atoms with E-state index in [0.29, 0.717) is 17.7 Å². The van der Waals surface area contributed by atoms with E-state index in [2.05, 4.69) is 4.74 Å². The van der Waals surface area contributed by atoms with Crippen molar-refractivity contribution in [3.05, 3.63) is 112 Å². The number of hydrogen-bond acceptors (Lipinski definition) is 6. The maximum Gasteiger partial charge on any atom is 0.337 e. The Kier molecular flexibility index (Phi) is 8.38. The normalized spacial score (nSPS) is 15.5. The molecule has 4 rings (SSSR count). The number of pyridine rings is 1. The number of ether oxygens (including phenoxy) is 1. The number of benzene rings is 1. The number of esters is 1. The van der Waals surface area contributed by atoms with Gasteiger partial charge in [-0.25, -0.2) is 9.59 Å². The average Bonchev–Trinajstić information content (AvgIpc) is 2.90. The lowest BCUT2D eigenvalue weighted by atomic mass is 10.1. The van der Waals surface area contributed by atoms with Gasteiger partial charge in [-0.2, -0.15) is 0 Å². The molecule has 180 valence electrons. The number of nitrogens with zero attached hydrogens (tertiary/aromatic N) is 1. The quantitative estimate of drug-likeness (QED) is 0.672. The molecule has 1 N–H and O–H groups in total. The standard InChI is InChI=1S/C12H11NO.C8H8O3.C7H6O3/c1-10-7-8-12(14)13(9-10)11-5-3-2-4-6-11;1-11-8(10)6-2-4-7(9)5-3-6;8-6-3-1-5(2-4-6)7(9)10/h2-9H,1H3;2-4H,5H2,1H3;1-3H,4H2,(H,9,10)/i1D3;;. The van der Waals surface area contributed by atoms with Crippen molar-refractivity contribution in [2.45, 2.75) is 19.7 Å². The number of carboxylic acid groups (broad SMARTS) is 1. The van der Waals surface area contributed by atoms with Gasteiger partial charge in [-0.1, -0.05) is 36.4 Å². The summed E-state index contributed by atoms with van der Waals surface area (Å²) in [6.07, 6.45) is 10.3. The van der Waals surface area contributed by atoms with Crippen LogP contribution in [-0.4, -0.2) is 40.3 Å². The summed E-state index contributed by atoms with van der Waals surface area (Å²) in [5.41, 5.74) is 1.21. The summed E-state index contributed by atoms with van der Waals surface area (Å²) in [5, 5.41) is 8.39. The average molecular weight is 479 g/mol. The van der Waals surface area contributed by atoms with Crippen LogP contribution in [0.2, 0.25) is 0 Å². The van der Waals surface area contributed by atoms with Crippen molar-refractivity contribution in [3.8, 4) is 5.69 Å². The van der Waals surface area contributed by atoms with E-state index in [0.717, 1.165) is 0 Å². The van der Waals surface area contributed by atoms with Crippen molar-refractivity contribution in [2.75, 3.05) is 7.11 Å². The van der Waals surface area contributed by atoms with Crippen LogP contribution in [0.15, 0.2) is 101 Å². The highest BCUT2D eigenvalue weighted by Crippen LogP contribution is 2.08. The van der Waals surface area contributed by atoms with Crippen molar-refractivity contribution < 1.29 is 33.1 Å². The Morgan fingerprint density at radius 3 is 1.97 bits per heavy atom. The summed E-state index contributed by atoms with van der Waals surface area (Å²) >= 11 is 0. The molecule has 0 atom stereocenters. The molecule has 0 radical (unpaired) electrons. The number of rotatable bonds is 3. The van der Waals surface area contributed by atoms with Crippen LogP contribution < -0.4 is 5.56 Å². The minimum absolute atomic E-state index is 0.0117. The lowest BCUT2D eigenvalue weighted by Crippen LogP contribution is -2.16. The van der Waals surface area contributed by atoms with Crippen LogP contribution in [0, 0.1) is 6.85 Å². The van der Waals surface area contributed by atoms with Crippen LogP contribution in [0.1, 0.15) is 22.5 Å². The molecule has 1 aromatic carbocycles. The molecule has 0 spiro atoms. The van der Waals surface area contributed by atoms with Crippen LogP contribution in [0.3, 0.4) is 0 Å². The van der Waals surface area contributed by atoms with Gasteiger partial charge in [-0.15, -0.1) is 0 Å². The predicted molar refractivity (Wildman–Crippen MR) is 130 cm³/mol. The number of allylic oxidation sites excluding steroid dienone is 4. The molecule has 0 saturated heterocycles. The summed E-state index contributed by atoms with van der Waals surface area (Å²) < 4.78 is 27.8. The molecule has 8 heteroatoms. The molecular weight excluding hydrogens is 450 g/mol. The number of aliphatic carboxylic acids is 1. The first-order valence-electron chi connectivity index (χ1n) is 11.8. The van der Waals surface area contributed by atoms with Crippen molar-refractivity contribution in [3.63, 3.8) is 0 Å². The van der Waals surface area contributed by atoms with Gasteiger partial charge in [-0.3, -0.25) is 19.0 Å². The molecule has 1 aromatic heterocycles. The smallest absolute Gasteiger partial charge is 0.337 e. The zero-order valence-electron chi connectivity index (χ0n) is 21.8. The van der Waals surface area contributed by atoms with E-state index in [1.54, 1.807) is 30.3 Å². The third-order valence-electron chi connectivity index (χ3n) is 4.56. The molecule has 2 aliphatic carbocycles. The fourth-order valence-corrected chi connectivity index (χ4v) is 2.76. The van der Waals surface area contributed by atoms with Crippen molar-refractivity contribution >= 4 is 23.5 Å². The molecule has 1 heterocycles. The van der Waals surface area contributed by atoms with Crippen LogP contribution in [0.4, 0.5) is 0 Å². The van der Waals surface area contributed by atoms with Crippen molar-refractivity contribution in [1.29, 1.82) is 0 Å². The Labute approximate surface area is 206 Å². The van der Waals surface area contributed by atoms with Crippen LogP contribution >= 0.6 is 0 Å². The second-order valence-corrected chi connectivity index (χ2v) is 7.08. The van der Waals surface area contributed by atoms with E-state index >= 15 is 0 Å². The zero-order valence-corrected chi connectivity index (χ0v) is 18.8. The molecule has 0 unspecified atom stereocenters. The van der Waals surface area contributed by atoms with Gasteiger partial charge < -0.3 is 9.84 Å². The third kappa shape index (κ3) is 8.70. The fourth-order valence-electron chi connectivity index (χ4n) is 2.76. The van der Waals surface area contributed by atoms with E-state index in [-0.39, 0.29) is 34.7 Å². The Morgan fingerprint density at radius 2 is 1.49 bits per heavy atom. The minimum atomic E-state index is -2.20. The van der Waals surface area contributed by atoms with Gasteiger partial charge in [0.05, 0.1) is 18.3 Å². The number of aromatic nitrogens is 1. The summed E-state index contributed by atoms with van der Waals surface area (Å²) in [7, 11) is 1.31. The zero-order chi connectivity index (χ0) is 28.3. The van der Waals surface area contributed by atoms with Gasteiger partial charge in [0, 0.05) is 34.9 Å². The first-order valence-corrected chi connectivity index (χ1v) is 10.3. The minimum Gasteiger partial charge on any atom is -0.478 e. The number of aryl methyl sites for hydroxylation is 1. The van der Waals surface area contributed by atoms with Gasteiger partial charge >= 0.3 is 11.9 Å². The maximum absolute atomic E-state index is 11.7. The van der Waals surface area contributed by atoms with E-state index in [4.69, 9.17) is 9.22 Å². The van der Waals surface area contributed by atoms with Crippen LogP contribution in [-0.2, 0) is 23.9 Å². The lowest BCUT2D eigenvalue weighted by molar-refractivity contribution is -0.136. The highest BCUT2D eigenvalue weighted by molar-refractivity contribution is 6.00. The number of carbonyl (C=O) groups is 4. The Hall–Kier alpha value is -4.59. The molecule has 8 nitrogen and oxygen atoms in total. The number of para-hydroxylation sites is 1. The summed E-state index contributed by atoms with van der Waals surface area (Å²) in [6.45, 7) is -2.20. The molecule has 0 amide bonds. The summed E-state index contributed by atoms with van der Waals surface area (Å²) in [4.78, 5) is 53.9. The second kappa shape index (κ2) is 13.2. The second-order valence-electron chi connectivity index (χ2n) is 7.08. The van der Waals surface area contributed by atoms with E-state index < -0.39 is 18.8 Å². The molecule has 2 aliphatic rings. The van der Waals surface area contributed by atoms with E-state index in [9.17, 15) is 24.0 Å². The Balaban J connectivity index is 0.000000211. The maximum atomic E-state index is 11.7. The van der Waals surface area contributed by atoms with Gasteiger partial charge in [0.2, 0.25) is 0 Å². The highest BCUT2D eigenvalue weighted by atomic mass is 16.5. The largest absolute Gasteiger partial charge is 0.478 e. The predicted octanol–water partition coefficient (Wildman–Crippen LogP) is 3.29. The van der Waals surface area contributed by atoms with E-state index in [1.807, 2.05) is 6.07 Å². The Bertz CT molecular complexity index is 1380. The van der Waals surface area contributed by atoms with Gasteiger partial charge in [-0.05, 0) is 48.9 Å². The van der Waals surface area contributed by atoms with E-state index in [1.165, 1.54) is 60.4 Å². The third-order valence-corrected chi connectivity index (χ3v) is 4.56.